The van der Waals surface area contributed by atoms with Gasteiger partial charge in [-0.3, -0.25) is 9.59 Å². The second kappa shape index (κ2) is 11.6. The third-order valence-corrected chi connectivity index (χ3v) is 6.52. The van der Waals surface area contributed by atoms with Crippen LogP contribution < -0.4 is 9.47 Å². The van der Waals surface area contributed by atoms with Crippen LogP contribution in [0.15, 0.2) is 78.9 Å². The van der Waals surface area contributed by atoms with Crippen molar-refractivity contribution >= 4 is 11.8 Å². The number of piperidine rings is 1. The standard InChI is InChI=1S/C29H32N2O4/c1-34-25-14-9-15-26(35-2)27(25)29(33)30-18-16-24(17-19-30)28(32)31(20-22-10-5-3-6-11-22)21-23-12-7-4-8-13-23/h3-15,24H,16-21H2,1-2H3. The van der Waals surface area contributed by atoms with Gasteiger partial charge in [-0.25, -0.2) is 0 Å². The van der Waals surface area contributed by atoms with Crippen molar-refractivity contribution < 1.29 is 19.1 Å². The SMILES string of the molecule is COc1cccc(OC)c1C(=O)N1CCC(C(=O)N(Cc2ccccc2)Cc2ccccc2)CC1. The molecule has 1 fully saturated rings. The molecular formula is C29H32N2O4. The van der Waals surface area contributed by atoms with Gasteiger partial charge in [0.15, 0.2) is 0 Å². The number of ether oxygens (including phenoxy) is 2. The van der Waals surface area contributed by atoms with Crippen LogP contribution >= 0.6 is 0 Å². The summed E-state index contributed by atoms with van der Waals surface area (Å²) in [6, 6.07) is 25.5. The van der Waals surface area contributed by atoms with Crippen molar-refractivity contribution in [2.45, 2.75) is 25.9 Å². The Morgan fingerprint density at radius 1 is 0.771 bits per heavy atom. The largest absolute Gasteiger partial charge is 0.496 e. The summed E-state index contributed by atoms with van der Waals surface area (Å²) in [7, 11) is 3.09. The Balaban J connectivity index is 1.46. The molecule has 4 rings (SSSR count). The lowest BCUT2D eigenvalue weighted by Gasteiger charge is -2.35. The minimum atomic E-state index is -0.129. The van der Waals surface area contributed by atoms with Crippen molar-refractivity contribution in [3.63, 3.8) is 0 Å². The lowest BCUT2D eigenvalue weighted by molar-refractivity contribution is -0.138. The van der Waals surface area contributed by atoms with Crippen LogP contribution in [0.25, 0.3) is 0 Å². The molecule has 3 aromatic rings. The minimum absolute atomic E-state index is 0.119. The minimum Gasteiger partial charge on any atom is -0.496 e. The average Bonchev–Trinajstić information content (AvgIpc) is 2.92. The molecule has 6 heteroatoms. The molecule has 0 spiro atoms. The number of methoxy groups -OCH3 is 2. The fourth-order valence-corrected chi connectivity index (χ4v) is 4.63. The molecule has 0 aromatic heterocycles. The summed E-state index contributed by atoms with van der Waals surface area (Å²) in [6.07, 6.45) is 1.25. The lowest BCUT2D eigenvalue weighted by atomic mass is 9.94. The van der Waals surface area contributed by atoms with Crippen LogP contribution in [0.1, 0.15) is 34.3 Å². The van der Waals surface area contributed by atoms with E-state index in [1.54, 1.807) is 37.3 Å². The van der Waals surface area contributed by atoms with Crippen LogP contribution in [0.3, 0.4) is 0 Å². The normalized spacial score (nSPS) is 13.8. The Labute approximate surface area is 207 Å². The Morgan fingerprint density at radius 3 is 1.71 bits per heavy atom. The first-order chi connectivity index (χ1) is 17.1. The monoisotopic (exact) mass is 472 g/mol. The Hall–Kier alpha value is -3.80. The van der Waals surface area contributed by atoms with Gasteiger partial charge in [0, 0.05) is 32.1 Å². The first-order valence-corrected chi connectivity index (χ1v) is 12.0. The van der Waals surface area contributed by atoms with E-state index in [9.17, 15) is 9.59 Å². The third kappa shape index (κ3) is 5.83. The number of carbonyl (C=O) groups is 2. The quantitative estimate of drug-likeness (QED) is 0.473. The van der Waals surface area contributed by atoms with Crippen molar-refractivity contribution in [3.8, 4) is 11.5 Å². The Kier molecular flexibility index (Phi) is 8.03. The number of benzene rings is 3. The molecule has 1 saturated heterocycles. The molecular weight excluding hydrogens is 440 g/mol. The smallest absolute Gasteiger partial charge is 0.261 e. The average molecular weight is 473 g/mol. The van der Waals surface area contributed by atoms with Gasteiger partial charge in [-0.15, -0.1) is 0 Å². The molecule has 35 heavy (non-hydrogen) atoms. The van der Waals surface area contributed by atoms with Crippen LogP contribution in [0.5, 0.6) is 11.5 Å². The van der Waals surface area contributed by atoms with Crippen molar-refractivity contribution in [3.05, 3.63) is 95.6 Å². The van der Waals surface area contributed by atoms with Gasteiger partial charge in [-0.2, -0.15) is 0 Å². The summed E-state index contributed by atoms with van der Waals surface area (Å²) in [5.74, 6) is 0.871. The van der Waals surface area contributed by atoms with Crippen molar-refractivity contribution in [1.29, 1.82) is 0 Å². The molecule has 1 aliphatic rings. The summed E-state index contributed by atoms with van der Waals surface area (Å²) in [5, 5.41) is 0. The van der Waals surface area contributed by atoms with Crippen molar-refractivity contribution in [2.75, 3.05) is 27.3 Å². The highest BCUT2D eigenvalue weighted by Crippen LogP contribution is 2.31. The van der Waals surface area contributed by atoms with E-state index < -0.39 is 0 Å². The summed E-state index contributed by atoms with van der Waals surface area (Å²) in [5.41, 5.74) is 2.64. The highest BCUT2D eigenvalue weighted by atomic mass is 16.5. The van der Waals surface area contributed by atoms with Crippen LogP contribution in [0.2, 0.25) is 0 Å². The molecule has 0 saturated carbocycles. The summed E-state index contributed by atoms with van der Waals surface area (Å²) in [6.45, 7) is 2.15. The van der Waals surface area contributed by atoms with Gasteiger partial charge in [0.25, 0.3) is 5.91 Å². The highest BCUT2D eigenvalue weighted by molar-refractivity contribution is 6.00. The van der Waals surface area contributed by atoms with E-state index in [2.05, 4.69) is 0 Å². The van der Waals surface area contributed by atoms with Gasteiger partial charge >= 0.3 is 0 Å². The topological polar surface area (TPSA) is 59.1 Å². The zero-order chi connectivity index (χ0) is 24.6. The Morgan fingerprint density at radius 2 is 1.26 bits per heavy atom. The first kappa shape index (κ1) is 24.3. The van der Waals surface area contributed by atoms with Crippen LogP contribution in [0, 0.1) is 5.92 Å². The Bertz CT molecular complexity index is 1060. The van der Waals surface area contributed by atoms with E-state index in [-0.39, 0.29) is 17.7 Å². The van der Waals surface area contributed by atoms with E-state index >= 15 is 0 Å². The van der Waals surface area contributed by atoms with Gasteiger partial charge in [0.1, 0.15) is 17.1 Å². The second-order valence-corrected chi connectivity index (χ2v) is 8.77. The number of carbonyl (C=O) groups excluding carboxylic acids is 2. The summed E-state index contributed by atoms with van der Waals surface area (Å²) >= 11 is 0. The number of likely N-dealkylation sites (tertiary alicyclic amines) is 1. The van der Waals surface area contributed by atoms with Crippen LogP contribution in [-0.4, -0.2) is 48.9 Å². The maximum Gasteiger partial charge on any atom is 0.261 e. The zero-order valence-electron chi connectivity index (χ0n) is 20.4. The molecule has 0 aliphatic carbocycles. The van der Waals surface area contributed by atoms with Crippen molar-refractivity contribution in [2.24, 2.45) is 5.92 Å². The third-order valence-electron chi connectivity index (χ3n) is 6.52. The lowest BCUT2D eigenvalue weighted by Crippen LogP contribution is -2.44. The number of hydrogen-bond acceptors (Lipinski definition) is 4. The van der Waals surface area contributed by atoms with Crippen molar-refractivity contribution in [1.82, 2.24) is 9.80 Å². The number of hydrogen-bond donors (Lipinski definition) is 0. The molecule has 3 aromatic carbocycles. The number of nitrogens with zero attached hydrogens (tertiary/aromatic N) is 2. The number of rotatable bonds is 8. The zero-order valence-corrected chi connectivity index (χ0v) is 20.4. The maximum atomic E-state index is 13.6. The molecule has 6 nitrogen and oxygen atoms in total. The fraction of sp³-hybridized carbons (Fsp3) is 0.310. The predicted octanol–water partition coefficient (Wildman–Crippen LogP) is 4.79. The van der Waals surface area contributed by atoms with Gasteiger partial charge in [-0.05, 0) is 36.1 Å². The molecule has 0 bridgehead atoms. The molecule has 0 radical (unpaired) electrons. The van der Waals surface area contributed by atoms with E-state index in [1.807, 2.05) is 65.6 Å². The van der Waals surface area contributed by atoms with E-state index in [0.717, 1.165) is 11.1 Å². The fourth-order valence-electron chi connectivity index (χ4n) is 4.63. The molecule has 0 unspecified atom stereocenters. The van der Waals surface area contributed by atoms with E-state index in [0.29, 0.717) is 56.1 Å². The molecule has 1 aliphatic heterocycles. The van der Waals surface area contributed by atoms with Crippen LogP contribution in [-0.2, 0) is 17.9 Å². The van der Waals surface area contributed by atoms with Gasteiger partial charge in [0.05, 0.1) is 14.2 Å². The van der Waals surface area contributed by atoms with Crippen LogP contribution in [0.4, 0.5) is 0 Å². The summed E-state index contributed by atoms with van der Waals surface area (Å²) in [4.78, 5) is 30.7. The van der Waals surface area contributed by atoms with E-state index in [4.69, 9.17) is 9.47 Å². The predicted molar refractivity (Wildman–Crippen MR) is 135 cm³/mol. The highest BCUT2D eigenvalue weighted by Gasteiger charge is 2.32. The van der Waals surface area contributed by atoms with Gasteiger partial charge in [0.2, 0.25) is 5.91 Å². The molecule has 0 N–H and O–H groups in total. The molecule has 2 amide bonds. The molecule has 182 valence electrons. The van der Waals surface area contributed by atoms with Gasteiger partial charge in [-0.1, -0.05) is 66.7 Å². The number of amides is 2. The summed E-state index contributed by atoms with van der Waals surface area (Å²) < 4.78 is 10.8. The molecule has 0 atom stereocenters. The van der Waals surface area contributed by atoms with Gasteiger partial charge < -0.3 is 19.3 Å². The maximum absolute atomic E-state index is 13.6. The van der Waals surface area contributed by atoms with E-state index in [1.165, 1.54) is 0 Å². The first-order valence-electron chi connectivity index (χ1n) is 12.0. The molecule has 1 heterocycles. The second-order valence-electron chi connectivity index (χ2n) is 8.77.